The van der Waals surface area contributed by atoms with Crippen molar-refractivity contribution in [2.45, 2.75) is 58.2 Å². The van der Waals surface area contributed by atoms with E-state index in [-0.39, 0.29) is 18.1 Å². The quantitative estimate of drug-likeness (QED) is 0.425. The Balaban J connectivity index is 1.73. The summed E-state index contributed by atoms with van der Waals surface area (Å²) in [5, 5.41) is 12.7. The molecule has 3 heterocycles. The maximum atomic E-state index is 11.9. The molecule has 4 atom stereocenters. The molecule has 13 nitrogen and oxygen atoms in total. The Morgan fingerprint density at radius 2 is 1.85 bits per heavy atom. The number of carbonyl (C=O) groups is 3. The first-order valence-corrected chi connectivity index (χ1v) is 10.8. The van der Waals surface area contributed by atoms with Crippen LogP contribution in [-0.2, 0) is 33.3 Å². The van der Waals surface area contributed by atoms with Crippen LogP contribution >= 0.6 is 0 Å². The van der Waals surface area contributed by atoms with Crippen LogP contribution in [0.2, 0.25) is 0 Å². The average Bonchev–Trinajstić information content (AvgIpc) is 3.43. The van der Waals surface area contributed by atoms with Gasteiger partial charge in [0.15, 0.2) is 35.4 Å². The highest BCUT2D eigenvalue weighted by atomic mass is 16.7. The molecule has 1 aliphatic heterocycles. The second-order valence-corrected chi connectivity index (χ2v) is 8.17. The standard InChI is InChI=1S/C21H24N6O7/c1-10(28)31-8-14-17(32-11(2)29)18(33-12(3)30)21(34-14)27-9-24-16-19(23-7-13-4-5-13)25-15(6-22)26-20(16)27/h9,13-14,17-18,21H,4-5,7-8H2,1-3H3,(H,23,25,26)/t14-,17-,18-,21-/m1/s1. The minimum absolute atomic E-state index is 0.0809. The summed E-state index contributed by atoms with van der Waals surface area (Å²) in [4.78, 5) is 47.9. The highest BCUT2D eigenvalue weighted by Crippen LogP contribution is 2.37. The van der Waals surface area contributed by atoms with Crippen LogP contribution in [0.4, 0.5) is 5.82 Å². The molecule has 4 rings (SSSR count). The van der Waals surface area contributed by atoms with Crippen LogP contribution in [0.1, 0.15) is 45.7 Å². The number of fused-ring (bicyclic) bond motifs is 1. The molecule has 13 heteroatoms. The van der Waals surface area contributed by atoms with E-state index in [1.807, 2.05) is 6.07 Å². The molecule has 0 spiro atoms. The van der Waals surface area contributed by atoms with Gasteiger partial charge in [-0.2, -0.15) is 15.2 Å². The molecule has 1 aliphatic carbocycles. The third-order valence-electron chi connectivity index (χ3n) is 5.39. The highest BCUT2D eigenvalue weighted by Gasteiger charge is 2.51. The SMILES string of the molecule is CC(=O)OC[C@H]1O[C@@H](n2cnc3c(NCC4CC4)nc(C#N)nc32)[C@H](OC(C)=O)[C@@H]1OC(C)=O. The van der Waals surface area contributed by atoms with Gasteiger partial charge in [-0.15, -0.1) is 0 Å². The van der Waals surface area contributed by atoms with Gasteiger partial charge in [-0.1, -0.05) is 0 Å². The number of aromatic nitrogens is 4. The van der Waals surface area contributed by atoms with Crippen molar-refractivity contribution in [1.82, 2.24) is 19.5 Å². The van der Waals surface area contributed by atoms with E-state index in [1.165, 1.54) is 31.7 Å². The van der Waals surface area contributed by atoms with E-state index >= 15 is 0 Å². The summed E-state index contributed by atoms with van der Waals surface area (Å²) < 4.78 is 23.4. The predicted octanol–water partition coefficient (Wildman–Crippen LogP) is 0.844. The van der Waals surface area contributed by atoms with Crippen LogP contribution in [0, 0.1) is 17.2 Å². The van der Waals surface area contributed by atoms with E-state index in [2.05, 4.69) is 20.3 Å². The first-order valence-electron chi connectivity index (χ1n) is 10.8. The molecule has 34 heavy (non-hydrogen) atoms. The summed E-state index contributed by atoms with van der Waals surface area (Å²) in [6.07, 6.45) is -0.441. The molecule has 0 aromatic carbocycles. The van der Waals surface area contributed by atoms with Crippen LogP contribution in [0.15, 0.2) is 6.33 Å². The van der Waals surface area contributed by atoms with Crippen LogP contribution in [0.25, 0.3) is 11.2 Å². The number of nitrogens with one attached hydrogen (secondary N) is 1. The van der Waals surface area contributed by atoms with Gasteiger partial charge in [-0.05, 0) is 18.8 Å². The topological polar surface area (TPSA) is 168 Å². The molecule has 2 aromatic rings. The van der Waals surface area contributed by atoms with Gasteiger partial charge >= 0.3 is 17.9 Å². The monoisotopic (exact) mass is 472 g/mol. The summed E-state index contributed by atoms with van der Waals surface area (Å²) in [7, 11) is 0. The molecule has 1 saturated carbocycles. The fourth-order valence-corrected chi connectivity index (χ4v) is 3.76. The van der Waals surface area contributed by atoms with Crippen molar-refractivity contribution in [3.8, 4) is 6.07 Å². The van der Waals surface area contributed by atoms with Gasteiger partial charge in [0.2, 0.25) is 5.82 Å². The molecule has 180 valence electrons. The molecular formula is C21H24N6O7. The normalized spacial score (nSPS) is 23.8. The van der Waals surface area contributed by atoms with Gasteiger partial charge in [0.05, 0.1) is 6.33 Å². The second kappa shape index (κ2) is 9.60. The molecule has 0 amide bonds. The van der Waals surface area contributed by atoms with Crippen molar-refractivity contribution in [3.05, 3.63) is 12.2 Å². The summed E-state index contributed by atoms with van der Waals surface area (Å²) in [5.74, 6) is -0.938. The average molecular weight is 472 g/mol. The lowest BCUT2D eigenvalue weighted by Gasteiger charge is -2.23. The zero-order valence-corrected chi connectivity index (χ0v) is 18.9. The number of anilines is 1. The Bertz CT molecular complexity index is 1150. The Kier molecular flexibility index (Phi) is 6.60. The lowest BCUT2D eigenvalue weighted by Crippen LogP contribution is -2.40. The third-order valence-corrected chi connectivity index (χ3v) is 5.39. The Labute approximate surface area is 194 Å². The molecule has 2 aromatic heterocycles. The summed E-state index contributed by atoms with van der Waals surface area (Å²) >= 11 is 0. The predicted molar refractivity (Wildman–Crippen MR) is 113 cm³/mol. The minimum Gasteiger partial charge on any atom is -0.463 e. The van der Waals surface area contributed by atoms with Crippen LogP contribution in [0.3, 0.4) is 0 Å². The van der Waals surface area contributed by atoms with Gasteiger partial charge in [-0.3, -0.25) is 19.0 Å². The van der Waals surface area contributed by atoms with E-state index in [9.17, 15) is 19.6 Å². The fourth-order valence-electron chi connectivity index (χ4n) is 3.76. The Morgan fingerprint density at radius 1 is 1.15 bits per heavy atom. The third kappa shape index (κ3) is 5.07. The molecule has 1 N–H and O–H groups in total. The van der Waals surface area contributed by atoms with Crippen molar-refractivity contribution < 1.29 is 33.3 Å². The number of nitrogens with zero attached hydrogens (tertiary/aromatic N) is 5. The number of esters is 3. The second-order valence-electron chi connectivity index (χ2n) is 8.17. The fraction of sp³-hybridized carbons (Fsp3) is 0.571. The van der Waals surface area contributed by atoms with Crippen molar-refractivity contribution in [3.63, 3.8) is 0 Å². The maximum Gasteiger partial charge on any atom is 0.303 e. The first-order chi connectivity index (χ1) is 16.3. The van der Waals surface area contributed by atoms with Crippen molar-refractivity contribution in [2.75, 3.05) is 18.5 Å². The molecule has 0 radical (unpaired) electrons. The van der Waals surface area contributed by atoms with Crippen molar-refractivity contribution >= 4 is 34.9 Å². The lowest BCUT2D eigenvalue weighted by molar-refractivity contribution is -0.166. The number of carbonyl (C=O) groups excluding carboxylic acids is 3. The van der Waals surface area contributed by atoms with Crippen molar-refractivity contribution in [2.24, 2.45) is 5.92 Å². The summed E-state index contributed by atoms with van der Waals surface area (Å²) in [6, 6.07) is 1.93. The Morgan fingerprint density at radius 3 is 2.47 bits per heavy atom. The lowest BCUT2D eigenvalue weighted by atomic mass is 10.1. The van der Waals surface area contributed by atoms with E-state index in [4.69, 9.17) is 18.9 Å². The Hall–Kier alpha value is -3.79. The van der Waals surface area contributed by atoms with E-state index in [0.717, 1.165) is 12.8 Å². The number of rotatable bonds is 8. The highest BCUT2D eigenvalue weighted by molar-refractivity contribution is 5.83. The van der Waals surface area contributed by atoms with Crippen molar-refractivity contribution in [1.29, 1.82) is 5.26 Å². The van der Waals surface area contributed by atoms with E-state index in [0.29, 0.717) is 23.8 Å². The number of nitriles is 1. The van der Waals surface area contributed by atoms with E-state index in [1.54, 1.807) is 0 Å². The number of hydrogen-bond donors (Lipinski definition) is 1. The van der Waals surface area contributed by atoms with E-state index < -0.39 is 42.4 Å². The summed E-state index contributed by atoms with van der Waals surface area (Å²) in [5.41, 5.74) is 0.666. The van der Waals surface area contributed by atoms with Gasteiger partial charge in [0, 0.05) is 27.3 Å². The van der Waals surface area contributed by atoms with Gasteiger partial charge in [0.25, 0.3) is 0 Å². The minimum atomic E-state index is -1.09. The van der Waals surface area contributed by atoms with Gasteiger partial charge in [-0.25, -0.2) is 4.98 Å². The molecule has 1 saturated heterocycles. The molecule has 0 unspecified atom stereocenters. The smallest absolute Gasteiger partial charge is 0.303 e. The van der Waals surface area contributed by atoms with Gasteiger partial charge in [0.1, 0.15) is 18.8 Å². The van der Waals surface area contributed by atoms with Crippen LogP contribution in [0.5, 0.6) is 0 Å². The first kappa shape index (κ1) is 23.4. The zero-order chi connectivity index (χ0) is 24.4. The number of hydrogen-bond acceptors (Lipinski definition) is 12. The van der Waals surface area contributed by atoms with Gasteiger partial charge < -0.3 is 24.3 Å². The van der Waals surface area contributed by atoms with Crippen LogP contribution < -0.4 is 5.32 Å². The maximum absolute atomic E-state index is 11.9. The molecular weight excluding hydrogens is 448 g/mol. The molecule has 0 bridgehead atoms. The largest absolute Gasteiger partial charge is 0.463 e. The number of imidazole rings is 1. The summed E-state index contributed by atoms with van der Waals surface area (Å²) in [6.45, 7) is 4.11. The molecule has 2 fully saturated rings. The number of ether oxygens (including phenoxy) is 4. The van der Waals surface area contributed by atoms with Crippen LogP contribution in [-0.4, -0.2) is 68.9 Å². The molecule has 2 aliphatic rings. The zero-order valence-electron chi connectivity index (χ0n) is 18.9.